The number of carboxylic acids is 1. The number of esters is 1. The molecule has 0 radical (unpaired) electrons. The number of carbonyl (C=O) groups is 3. The van der Waals surface area contributed by atoms with E-state index >= 15 is 0 Å². The van der Waals surface area contributed by atoms with Crippen LogP contribution in [0.4, 0.5) is 5.13 Å². The molecule has 2 N–H and O–H groups in total. The Morgan fingerprint density at radius 1 is 1.18 bits per heavy atom. The monoisotopic (exact) mass is 402 g/mol. The molecule has 0 unspecified atom stereocenters. The summed E-state index contributed by atoms with van der Waals surface area (Å²) in [7, 11) is 0. The van der Waals surface area contributed by atoms with Crippen LogP contribution < -0.4 is 5.32 Å². The molecule has 1 aromatic carbocycles. The highest BCUT2D eigenvalue weighted by Crippen LogP contribution is 2.34. The van der Waals surface area contributed by atoms with Crippen molar-refractivity contribution in [2.24, 2.45) is 11.8 Å². The van der Waals surface area contributed by atoms with Gasteiger partial charge in [0.05, 0.1) is 24.1 Å². The Hall–Kier alpha value is -2.74. The summed E-state index contributed by atoms with van der Waals surface area (Å²) in [5.74, 6) is -3.10. The number of nitrogens with one attached hydrogen (secondary N) is 1. The number of aliphatic carboxylic acids is 1. The molecule has 1 heterocycles. The van der Waals surface area contributed by atoms with Crippen LogP contribution in [0.3, 0.4) is 0 Å². The zero-order valence-electron chi connectivity index (χ0n) is 15.5. The number of ether oxygens (including phenoxy) is 1. The molecule has 8 heteroatoms. The number of carboxylic acid groups (broad SMARTS) is 1. The van der Waals surface area contributed by atoms with Crippen LogP contribution in [0.15, 0.2) is 30.3 Å². The third-order valence-electron chi connectivity index (χ3n) is 4.79. The molecule has 1 amide bonds. The minimum absolute atomic E-state index is 0.231. The first-order valence-corrected chi connectivity index (χ1v) is 10.1. The zero-order chi connectivity index (χ0) is 20.1. The first-order valence-electron chi connectivity index (χ1n) is 9.28. The van der Waals surface area contributed by atoms with Gasteiger partial charge >= 0.3 is 11.9 Å². The number of amides is 1. The van der Waals surface area contributed by atoms with Gasteiger partial charge in [-0.2, -0.15) is 0 Å². The predicted octanol–water partition coefficient (Wildman–Crippen LogP) is 3.82. The van der Waals surface area contributed by atoms with Crippen molar-refractivity contribution in [3.8, 4) is 11.3 Å². The van der Waals surface area contributed by atoms with Crippen molar-refractivity contribution in [2.75, 3.05) is 11.9 Å². The van der Waals surface area contributed by atoms with E-state index in [0.29, 0.717) is 23.4 Å². The maximum Gasteiger partial charge on any atom is 0.350 e. The van der Waals surface area contributed by atoms with Crippen LogP contribution in [0.2, 0.25) is 0 Å². The fraction of sp³-hybridized carbons (Fsp3) is 0.400. The number of carbonyl (C=O) groups excluding carboxylic acids is 2. The van der Waals surface area contributed by atoms with E-state index in [9.17, 15) is 19.5 Å². The molecule has 7 nitrogen and oxygen atoms in total. The van der Waals surface area contributed by atoms with E-state index < -0.39 is 23.8 Å². The van der Waals surface area contributed by atoms with Crippen molar-refractivity contribution < 1.29 is 24.2 Å². The van der Waals surface area contributed by atoms with Crippen LogP contribution in [0, 0.1) is 11.8 Å². The molecule has 0 saturated heterocycles. The van der Waals surface area contributed by atoms with Crippen molar-refractivity contribution in [1.82, 2.24) is 4.98 Å². The molecule has 2 atom stereocenters. The Balaban J connectivity index is 1.87. The Morgan fingerprint density at radius 3 is 2.50 bits per heavy atom. The maximum absolute atomic E-state index is 12.7. The predicted molar refractivity (Wildman–Crippen MR) is 105 cm³/mol. The van der Waals surface area contributed by atoms with Crippen molar-refractivity contribution in [3.05, 3.63) is 35.2 Å². The summed E-state index contributed by atoms with van der Waals surface area (Å²) in [5, 5.41) is 12.4. The largest absolute Gasteiger partial charge is 0.481 e. The molecule has 0 spiro atoms. The number of benzene rings is 1. The second-order valence-corrected chi connectivity index (χ2v) is 7.61. The normalized spacial score (nSPS) is 19.0. The highest BCUT2D eigenvalue weighted by molar-refractivity contribution is 7.18. The van der Waals surface area contributed by atoms with Gasteiger partial charge in [0.2, 0.25) is 5.91 Å². The van der Waals surface area contributed by atoms with Gasteiger partial charge in [-0.05, 0) is 19.8 Å². The van der Waals surface area contributed by atoms with Crippen molar-refractivity contribution >= 4 is 34.3 Å². The Labute approximate surface area is 166 Å². The molecule has 2 aromatic rings. The summed E-state index contributed by atoms with van der Waals surface area (Å²) < 4.78 is 5.11. The summed E-state index contributed by atoms with van der Waals surface area (Å²) in [6, 6.07) is 9.18. The first kappa shape index (κ1) is 20.0. The van der Waals surface area contributed by atoms with Crippen molar-refractivity contribution in [3.63, 3.8) is 0 Å². The minimum Gasteiger partial charge on any atom is -0.481 e. The van der Waals surface area contributed by atoms with E-state index in [-0.39, 0.29) is 17.6 Å². The van der Waals surface area contributed by atoms with Gasteiger partial charge in [0.25, 0.3) is 0 Å². The highest BCUT2D eigenvalue weighted by atomic mass is 32.1. The molecule has 1 saturated carbocycles. The van der Waals surface area contributed by atoms with Gasteiger partial charge in [-0.3, -0.25) is 9.59 Å². The molecule has 0 aliphatic heterocycles. The molecule has 1 aromatic heterocycles. The quantitative estimate of drug-likeness (QED) is 0.712. The average molecular weight is 402 g/mol. The number of nitrogens with zero attached hydrogens (tertiary/aromatic N) is 1. The first-order chi connectivity index (χ1) is 13.5. The fourth-order valence-corrected chi connectivity index (χ4v) is 4.32. The Bertz CT molecular complexity index is 865. The Kier molecular flexibility index (Phi) is 6.41. The van der Waals surface area contributed by atoms with Gasteiger partial charge in [0.15, 0.2) is 5.13 Å². The lowest BCUT2D eigenvalue weighted by Crippen LogP contribution is -2.36. The number of aromatic nitrogens is 1. The standard InChI is InChI=1S/C20H22N2O5S/c1-2-27-19(26)16-15(12-8-4-3-5-9-12)21-20(28-16)22-17(23)13-10-6-7-11-14(13)18(24)25/h3-5,8-9,13-14H,2,6-7,10-11H2,1H3,(H,24,25)(H,21,22,23)/t13-,14-/m0/s1. The molecular weight excluding hydrogens is 380 g/mol. The highest BCUT2D eigenvalue weighted by Gasteiger charge is 2.36. The lowest BCUT2D eigenvalue weighted by molar-refractivity contribution is -0.147. The molecule has 1 fully saturated rings. The van der Waals surface area contributed by atoms with Crippen LogP contribution >= 0.6 is 11.3 Å². The van der Waals surface area contributed by atoms with Gasteiger partial charge in [-0.25, -0.2) is 9.78 Å². The number of anilines is 1. The molecule has 148 valence electrons. The summed E-state index contributed by atoms with van der Waals surface area (Å²) in [5.41, 5.74) is 1.18. The summed E-state index contributed by atoms with van der Waals surface area (Å²) >= 11 is 1.04. The number of rotatable bonds is 6. The second kappa shape index (κ2) is 8.97. The molecule has 3 rings (SSSR count). The van der Waals surface area contributed by atoms with Crippen molar-refractivity contribution in [2.45, 2.75) is 32.6 Å². The third-order valence-corrected chi connectivity index (χ3v) is 5.74. The molecule has 1 aliphatic rings. The van der Waals surface area contributed by atoms with E-state index in [0.717, 1.165) is 29.7 Å². The zero-order valence-corrected chi connectivity index (χ0v) is 16.3. The van der Waals surface area contributed by atoms with Crippen LogP contribution in [0.1, 0.15) is 42.3 Å². The van der Waals surface area contributed by atoms with Gasteiger partial charge in [-0.15, -0.1) is 0 Å². The van der Waals surface area contributed by atoms with E-state index in [1.54, 1.807) is 6.92 Å². The van der Waals surface area contributed by atoms with Crippen LogP contribution in [0.5, 0.6) is 0 Å². The van der Waals surface area contributed by atoms with Gasteiger partial charge in [0, 0.05) is 5.56 Å². The number of thiazole rings is 1. The lowest BCUT2D eigenvalue weighted by Gasteiger charge is -2.26. The average Bonchev–Trinajstić information content (AvgIpc) is 3.12. The topological polar surface area (TPSA) is 106 Å². The third kappa shape index (κ3) is 4.39. The van der Waals surface area contributed by atoms with Gasteiger partial charge in [0.1, 0.15) is 4.88 Å². The van der Waals surface area contributed by atoms with Gasteiger partial charge in [-0.1, -0.05) is 54.5 Å². The molecule has 0 bridgehead atoms. The summed E-state index contributed by atoms with van der Waals surface area (Å²) in [4.78, 5) is 41.3. The van der Waals surface area contributed by atoms with Crippen LogP contribution in [-0.4, -0.2) is 34.5 Å². The minimum atomic E-state index is -0.948. The van der Waals surface area contributed by atoms with Gasteiger partial charge < -0.3 is 15.2 Å². The van der Waals surface area contributed by atoms with E-state index in [4.69, 9.17) is 4.74 Å². The van der Waals surface area contributed by atoms with E-state index in [1.807, 2.05) is 30.3 Å². The van der Waals surface area contributed by atoms with Crippen LogP contribution in [0.25, 0.3) is 11.3 Å². The Morgan fingerprint density at radius 2 is 1.86 bits per heavy atom. The maximum atomic E-state index is 12.7. The molecular formula is C20H22N2O5S. The molecule has 1 aliphatic carbocycles. The van der Waals surface area contributed by atoms with Crippen LogP contribution in [-0.2, 0) is 14.3 Å². The van der Waals surface area contributed by atoms with Crippen molar-refractivity contribution in [1.29, 1.82) is 0 Å². The fourth-order valence-electron chi connectivity index (χ4n) is 3.44. The summed E-state index contributed by atoms with van der Waals surface area (Å²) in [6.07, 6.45) is 2.66. The molecule has 28 heavy (non-hydrogen) atoms. The second-order valence-electron chi connectivity index (χ2n) is 6.61. The van der Waals surface area contributed by atoms with E-state index in [1.165, 1.54) is 0 Å². The SMILES string of the molecule is CCOC(=O)c1sc(NC(=O)[C@H]2CCCC[C@@H]2C(=O)O)nc1-c1ccccc1. The van der Waals surface area contributed by atoms with E-state index in [2.05, 4.69) is 10.3 Å². The number of hydrogen-bond acceptors (Lipinski definition) is 6. The lowest BCUT2D eigenvalue weighted by atomic mass is 9.79. The smallest absolute Gasteiger partial charge is 0.350 e. The number of hydrogen-bond donors (Lipinski definition) is 2. The summed E-state index contributed by atoms with van der Waals surface area (Å²) in [6.45, 7) is 1.95.